The van der Waals surface area contributed by atoms with Gasteiger partial charge in [-0.05, 0) is 18.2 Å². The summed E-state index contributed by atoms with van der Waals surface area (Å²) in [5, 5.41) is 7.43. The molecule has 0 aliphatic heterocycles. The van der Waals surface area contributed by atoms with Gasteiger partial charge < -0.3 is 10.1 Å². The monoisotopic (exact) mass is 235 g/mol. The second-order valence-electron chi connectivity index (χ2n) is 2.94. The molecule has 0 atom stereocenters. The number of halogens is 1. The molecular weight excluding hydrogens is 217 g/mol. The number of benzene rings is 1. The van der Waals surface area contributed by atoms with E-state index in [-0.39, 0.29) is 11.3 Å². The van der Waals surface area contributed by atoms with E-state index in [2.05, 4.69) is 13.2 Å². The highest BCUT2D eigenvalue weighted by Crippen LogP contribution is 2.17. The van der Waals surface area contributed by atoms with Crippen LogP contribution in [0.25, 0.3) is 5.76 Å². The average molecular weight is 235 g/mol. The van der Waals surface area contributed by atoms with Crippen molar-refractivity contribution in [1.29, 1.82) is 5.41 Å². The Balaban J connectivity index is 0.00000121. The Kier molecular flexibility index (Phi) is 6.56. The fourth-order valence-corrected chi connectivity index (χ4v) is 1.13. The molecule has 0 aliphatic rings. The molecule has 1 N–H and O–H groups in total. The lowest BCUT2D eigenvalue weighted by atomic mass is 10.1. The van der Waals surface area contributed by atoms with Crippen LogP contribution in [-0.4, -0.2) is 12.8 Å². The van der Waals surface area contributed by atoms with Gasteiger partial charge >= 0.3 is 0 Å². The minimum absolute atomic E-state index is 0.0575. The molecule has 2 nitrogen and oxygen atoms in total. The summed E-state index contributed by atoms with van der Waals surface area (Å²) in [5.74, 6) is -0.0822. The SMILES string of the molecule is C=CC(=N)c1ccc(C(=C)OC)cc1F.CC. The summed E-state index contributed by atoms with van der Waals surface area (Å²) in [6.07, 6.45) is 1.29. The fourth-order valence-electron chi connectivity index (χ4n) is 1.13. The molecule has 3 heteroatoms. The van der Waals surface area contributed by atoms with Crippen LogP contribution in [0.5, 0.6) is 0 Å². The predicted octanol–water partition coefficient (Wildman–Crippen LogP) is 4.02. The lowest BCUT2D eigenvalue weighted by molar-refractivity contribution is 0.371. The Hall–Kier alpha value is -1.90. The zero-order chi connectivity index (χ0) is 13.4. The Labute approximate surface area is 102 Å². The molecule has 0 radical (unpaired) electrons. The van der Waals surface area contributed by atoms with Crippen LogP contribution in [0, 0.1) is 11.2 Å². The Morgan fingerprint density at radius 2 is 2.00 bits per heavy atom. The van der Waals surface area contributed by atoms with E-state index in [0.717, 1.165) is 0 Å². The first-order chi connectivity index (χ1) is 8.10. The summed E-state index contributed by atoms with van der Waals surface area (Å²) in [5.41, 5.74) is 0.843. The largest absolute Gasteiger partial charge is 0.497 e. The summed E-state index contributed by atoms with van der Waals surface area (Å²) in [4.78, 5) is 0. The van der Waals surface area contributed by atoms with Gasteiger partial charge in [-0.2, -0.15) is 0 Å². The molecule has 0 heterocycles. The zero-order valence-electron chi connectivity index (χ0n) is 10.5. The van der Waals surface area contributed by atoms with E-state index in [0.29, 0.717) is 11.3 Å². The van der Waals surface area contributed by atoms with Gasteiger partial charge in [0.25, 0.3) is 0 Å². The van der Waals surface area contributed by atoms with Crippen LogP contribution >= 0.6 is 0 Å². The fraction of sp³-hybridized carbons (Fsp3) is 0.214. The van der Waals surface area contributed by atoms with Gasteiger partial charge in [-0.25, -0.2) is 4.39 Å². The van der Waals surface area contributed by atoms with E-state index in [1.807, 2.05) is 13.8 Å². The standard InChI is InChI=1S/C12H12FNO.C2H6/c1-4-12(14)10-6-5-9(7-11(10)13)8(2)15-3;1-2/h4-7,14H,1-2H2,3H3;1-2H3. The van der Waals surface area contributed by atoms with Crippen molar-refractivity contribution in [2.24, 2.45) is 0 Å². The Bertz CT molecular complexity index is 424. The number of rotatable bonds is 4. The molecule has 0 fully saturated rings. The molecule has 0 aromatic heterocycles. The van der Waals surface area contributed by atoms with E-state index < -0.39 is 5.82 Å². The molecule has 0 amide bonds. The third-order valence-electron chi connectivity index (χ3n) is 2.03. The molecule has 0 aliphatic carbocycles. The molecule has 1 aromatic rings. The first-order valence-corrected chi connectivity index (χ1v) is 5.34. The number of hydrogen-bond acceptors (Lipinski definition) is 2. The van der Waals surface area contributed by atoms with E-state index in [1.165, 1.54) is 25.3 Å². The van der Waals surface area contributed by atoms with Crippen LogP contribution in [0.4, 0.5) is 4.39 Å². The molecule has 17 heavy (non-hydrogen) atoms. The molecule has 0 bridgehead atoms. The van der Waals surface area contributed by atoms with E-state index in [4.69, 9.17) is 10.1 Å². The summed E-state index contributed by atoms with van der Waals surface area (Å²) in [6.45, 7) is 11.0. The minimum Gasteiger partial charge on any atom is -0.497 e. The third-order valence-corrected chi connectivity index (χ3v) is 2.03. The Morgan fingerprint density at radius 3 is 2.41 bits per heavy atom. The van der Waals surface area contributed by atoms with Crippen molar-refractivity contribution < 1.29 is 9.13 Å². The van der Waals surface area contributed by atoms with Crippen molar-refractivity contribution in [2.45, 2.75) is 13.8 Å². The average Bonchev–Trinajstić information content (AvgIpc) is 2.39. The van der Waals surface area contributed by atoms with Crippen molar-refractivity contribution in [3.05, 3.63) is 54.4 Å². The van der Waals surface area contributed by atoms with Crippen molar-refractivity contribution in [3.63, 3.8) is 0 Å². The summed E-state index contributed by atoms with van der Waals surface area (Å²) < 4.78 is 18.4. The number of hydrogen-bond donors (Lipinski definition) is 1. The second kappa shape index (κ2) is 7.39. The van der Waals surface area contributed by atoms with Crippen molar-refractivity contribution in [3.8, 4) is 0 Å². The molecule has 0 saturated heterocycles. The first kappa shape index (κ1) is 15.1. The van der Waals surface area contributed by atoms with Gasteiger partial charge in [0.05, 0.1) is 12.8 Å². The normalized spacial score (nSPS) is 8.71. The van der Waals surface area contributed by atoms with Crippen molar-refractivity contribution in [2.75, 3.05) is 7.11 Å². The Morgan fingerprint density at radius 1 is 1.41 bits per heavy atom. The highest BCUT2D eigenvalue weighted by molar-refractivity contribution is 6.06. The molecule has 1 rings (SSSR count). The van der Waals surface area contributed by atoms with Crippen molar-refractivity contribution in [1.82, 2.24) is 0 Å². The highest BCUT2D eigenvalue weighted by Gasteiger charge is 2.07. The second-order valence-corrected chi connectivity index (χ2v) is 2.94. The summed E-state index contributed by atoms with van der Waals surface area (Å²) >= 11 is 0. The van der Waals surface area contributed by atoms with Crippen LogP contribution in [0.3, 0.4) is 0 Å². The number of ether oxygens (including phenoxy) is 1. The van der Waals surface area contributed by atoms with Gasteiger partial charge in [0.1, 0.15) is 11.6 Å². The van der Waals surface area contributed by atoms with Crippen LogP contribution in [0.15, 0.2) is 37.4 Å². The summed E-state index contributed by atoms with van der Waals surface area (Å²) in [6, 6.07) is 4.46. The van der Waals surface area contributed by atoms with Crippen molar-refractivity contribution >= 4 is 11.5 Å². The molecule has 0 unspecified atom stereocenters. The number of nitrogens with one attached hydrogen (secondary N) is 1. The van der Waals surface area contributed by atoms with E-state index in [1.54, 1.807) is 6.07 Å². The predicted molar refractivity (Wildman–Crippen MR) is 70.8 cm³/mol. The van der Waals surface area contributed by atoms with Gasteiger partial charge in [0, 0.05) is 11.1 Å². The highest BCUT2D eigenvalue weighted by atomic mass is 19.1. The van der Waals surface area contributed by atoms with Crippen LogP contribution in [0.2, 0.25) is 0 Å². The molecular formula is C14H18FNO. The van der Waals surface area contributed by atoms with Gasteiger partial charge in [-0.15, -0.1) is 0 Å². The van der Waals surface area contributed by atoms with Gasteiger partial charge in [-0.1, -0.05) is 33.1 Å². The maximum Gasteiger partial charge on any atom is 0.133 e. The lowest BCUT2D eigenvalue weighted by Crippen LogP contribution is -1.99. The maximum absolute atomic E-state index is 13.5. The van der Waals surface area contributed by atoms with Crippen LogP contribution in [-0.2, 0) is 4.74 Å². The molecule has 0 spiro atoms. The van der Waals surface area contributed by atoms with E-state index >= 15 is 0 Å². The van der Waals surface area contributed by atoms with Gasteiger partial charge in [-0.3, -0.25) is 0 Å². The minimum atomic E-state index is -0.476. The van der Waals surface area contributed by atoms with Crippen LogP contribution in [0.1, 0.15) is 25.0 Å². The first-order valence-electron chi connectivity index (χ1n) is 5.34. The van der Waals surface area contributed by atoms with E-state index in [9.17, 15) is 4.39 Å². The maximum atomic E-state index is 13.5. The number of allylic oxidation sites excluding steroid dienone is 1. The molecule has 92 valence electrons. The zero-order valence-corrected chi connectivity index (χ0v) is 10.5. The van der Waals surface area contributed by atoms with Crippen LogP contribution < -0.4 is 0 Å². The lowest BCUT2D eigenvalue weighted by Gasteiger charge is -2.06. The number of methoxy groups -OCH3 is 1. The van der Waals surface area contributed by atoms with Gasteiger partial charge in [0.2, 0.25) is 0 Å². The van der Waals surface area contributed by atoms with Gasteiger partial charge in [0.15, 0.2) is 0 Å². The smallest absolute Gasteiger partial charge is 0.133 e. The topological polar surface area (TPSA) is 33.1 Å². The summed E-state index contributed by atoms with van der Waals surface area (Å²) in [7, 11) is 1.47. The molecule has 0 saturated carbocycles. The molecule has 1 aromatic carbocycles. The quantitative estimate of drug-likeness (QED) is 0.620. The third kappa shape index (κ3) is 3.87.